The summed E-state index contributed by atoms with van der Waals surface area (Å²) in [6, 6.07) is 14.1. The average molecular weight is 399 g/mol. The number of pyridine rings is 1. The third-order valence-corrected chi connectivity index (χ3v) is 3.99. The lowest BCUT2D eigenvalue weighted by Crippen LogP contribution is -2.51. The maximum Gasteiger partial charge on any atom is 0.410 e. The highest BCUT2D eigenvalue weighted by Gasteiger charge is 2.27. The summed E-state index contributed by atoms with van der Waals surface area (Å²) in [5.74, 6) is 4.93. The molecule has 1 heterocycles. The number of hydrogen-bond acceptors (Lipinski definition) is 6. The predicted octanol–water partition coefficient (Wildman–Crippen LogP) is 2.33. The molecule has 1 aromatic heterocycles. The number of hydrogen-bond donors (Lipinski definition) is 3. The van der Waals surface area contributed by atoms with E-state index in [1.54, 1.807) is 27.0 Å². The number of ether oxygens (including phenoxy) is 1. The van der Waals surface area contributed by atoms with Crippen LogP contribution in [0.4, 0.5) is 10.5 Å². The number of nitrogens with two attached hydrogens (primary N) is 1. The number of benzene rings is 1. The molecule has 8 nitrogen and oxygen atoms in total. The van der Waals surface area contributed by atoms with Gasteiger partial charge in [-0.05, 0) is 45.0 Å². The van der Waals surface area contributed by atoms with Crippen LogP contribution in [0.1, 0.15) is 26.5 Å². The molecule has 2 amide bonds. The summed E-state index contributed by atoms with van der Waals surface area (Å²) in [6.07, 6.45) is 1.73. The Labute approximate surface area is 171 Å². The number of hydrazine groups is 1. The van der Waals surface area contributed by atoms with E-state index in [1.807, 2.05) is 48.5 Å². The van der Waals surface area contributed by atoms with Gasteiger partial charge in [0.1, 0.15) is 11.6 Å². The van der Waals surface area contributed by atoms with Gasteiger partial charge >= 0.3 is 6.09 Å². The number of para-hydroxylation sites is 1. The number of carbonyl (C=O) groups is 2. The van der Waals surface area contributed by atoms with Crippen LogP contribution in [0.5, 0.6) is 0 Å². The molecule has 2 rings (SSSR count). The van der Waals surface area contributed by atoms with E-state index in [1.165, 1.54) is 4.90 Å². The highest BCUT2D eigenvalue weighted by atomic mass is 16.6. The molecule has 0 saturated carbocycles. The third-order valence-electron chi connectivity index (χ3n) is 3.99. The van der Waals surface area contributed by atoms with Gasteiger partial charge in [0.25, 0.3) is 5.91 Å². The van der Waals surface area contributed by atoms with E-state index in [4.69, 9.17) is 10.6 Å². The summed E-state index contributed by atoms with van der Waals surface area (Å²) in [4.78, 5) is 30.9. The Hall–Kier alpha value is -3.13. The summed E-state index contributed by atoms with van der Waals surface area (Å²) < 4.78 is 5.53. The zero-order chi connectivity index (χ0) is 21.3. The molecule has 4 N–H and O–H groups in total. The van der Waals surface area contributed by atoms with Crippen LogP contribution < -0.4 is 16.6 Å². The van der Waals surface area contributed by atoms with Crippen molar-refractivity contribution in [2.45, 2.75) is 38.8 Å². The molecule has 0 spiro atoms. The first-order valence-corrected chi connectivity index (χ1v) is 9.48. The van der Waals surface area contributed by atoms with Crippen molar-refractivity contribution in [2.75, 3.05) is 18.4 Å². The molecule has 1 atom stereocenters. The van der Waals surface area contributed by atoms with E-state index in [-0.39, 0.29) is 6.54 Å². The topological polar surface area (TPSA) is 110 Å². The number of nitrogens with one attached hydrogen (secondary N) is 2. The molecule has 8 heteroatoms. The van der Waals surface area contributed by atoms with Gasteiger partial charge in [-0.3, -0.25) is 15.2 Å². The van der Waals surface area contributed by atoms with E-state index in [0.29, 0.717) is 13.0 Å². The predicted molar refractivity (Wildman–Crippen MR) is 112 cm³/mol. The van der Waals surface area contributed by atoms with Gasteiger partial charge in [0, 0.05) is 30.5 Å². The zero-order valence-corrected chi connectivity index (χ0v) is 17.1. The minimum atomic E-state index is -0.751. The van der Waals surface area contributed by atoms with Crippen molar-refractivity contribution in [3.8, 4) is 0 Å². The molecule has 0 aliphatic heterocycles. The van der Waals surface area contributed by atoms with Gasteiger partial charge in [-0.25, -0.2) is 10.6 Å². The van der Waals surface area contributed by atoms with Crippen molar-refractivity contribution in [1.82, 2.24) is 15.3 Å². The van der Waals surface area contributed by atoms with Crippen molar-refractivity contribution in [3.63, 3.8) is 0 Å². The van der Waals surface area contributed by atoms with Gasteiger partial charge in [0.2, 0.25) is 0 Å². The molecule has 1 aromatic carbocycles. The van der Waals surface area contributed by atoms with E-state index in [9.17, 15) is 9.59 Å². The highest BCUT2D eigenvalue weighted by molar-refractivity contribution is 5.85. The smallest absolute Gasteiger partial charge is 0.410 e. The quantitative estimate of drug-likeness (QED) is 0.357. The van der Waals surface area contributed by atoms with Crippen LogP contribution >= 0.6 is 0 Å². The number of rotatable bonds is 8. The Morgan fingerprint density at radius 1 is 1.14 bits per heavy atom. The fourth-order valence-electron chi connectivity index (χ4n) is 2.63. The van der Waals surface area contributed by atoms with Crippen LogP contribution in [0, 0.1) is 0 Å². The largest absolute Gasteiger partial charge is 0.444 e. The van der Waals surface area contributed by atoms with E-state index < -0.39 is 23.6 Å². The SMILES string of the molecule is CC(C)(C)OC(=O)N(CCc1ccccn1)C[C@H](Nc1ccccc1)C(=O)NN. The highest BCUT2D eigenvalue weighted by Crippen LogP contribution is 2.13. The average Bonchev–Trinajstić information content (AvgIpc) is 2.69. The standard InChI is InChI=1S/C21H29N5O3/c1-21(2,3)29-20(28)26(14-12-16-9-7-8-13-23-16)15-18(19(27)25-22)24-17-10-5-4-6-11-17/h4-11,13,18,24H,12,14-15,22H2,1-3H3,(H,25,27)/t18-/m0/s1. The van der Waals surface area contributed by atoms with E-state index in [0.717, 1.165) is 11.4 Å². The Bertz CT molecular complexity index is 778. The van der Waals surface area contributed by atoms with E-state index >= 15 is 0 Å². The van der Waals surface area contributed by atoms with E-state index in [2.05, 4.69) is 15.7 Å². The molecule has 0 aliphatic carbocycles. The second kappa shape index (κ2) is 10.4. The van der Waals surface area contributed by atoms with Crippen LogP contribution in [0.2, 0.25) is 0 Å². The monoisotopic (exact) mass is 399 g/mol. The molecule has 29 heavy (non-hydrogen) atoms. The Balaban J connectivity index is 2.16. The molecule has 2 aromatic rings. The lowest BCUT2D eigenvalue weighted by molar-refractivity contribution is -0.122. The molecular formula is C21H29N5O3. The normalized spacial score (nSPS) is 12.0. The maximum atomic E-state index is 12.8. The first kappa shape index (κ1) is 22.2. The van der Waals surface area contributed by atoms with Gasteiger partial charge in [-0.15, -0.1) is 0 Å². The van der Waals surface area contributed by atoms with Crippen molar-refractivity contribution >= 4 is 17.7 Å². The minimum Gasteiger partial charge on any atom is -0.444 e. The molecular weight excluding hydrogens is 370 g/mol. The molecule has 0 saturated heterocycles. The molecule has 156 valence electrons. The van der Waals surface area contributed by atoms with Crippen LogP contribution in [0.25, 0.3) is 0 Å². The number of carbonyl (C=O) groups excluding carboxylic acids is 2. The van der Waals surface area contributed by atoms with Crippen molar-refractivity contribution in [2.24, 2.45) is 5.84 Å². The maximum absolute atomic E-state index is 12.8. The van der Waals surface area contributed by atoms with Gasteiger partial charge < -0.3 is 15.0 Å². The number of nitrogens with zero attached hydrogens (tertiary/aromatic N) is 2. The summed E-state index contributed by atoms with van der Waals surface area (Å²) >= 11 is 0. The van der Waals surface area contributed by atoms with Crippen LogP contribution in [0.15, 0.2) is 54.7 Å². The van der Waals surface area contributed by atoms with Crippen LogP contribution in [-0.2, 0) is 16.0 Å². The zero-order valence-electron chi connectivity index (χ0n) is 17.1. The lowest BCUT2D eigenvalue weighted by atomic mass is 10.2. The molecule has 0 unspecified atom stereocenters. The van der Waals surface area contributed by atoms with Crippen LogP contribution in [0.3, 0.4) is 0 Å². The van der Waals surface area contributed by atoms with Gasteiger partial charge in [0.15, 0.2) is 0 Å². The fraction of sp³-hybridized carbons (Fsp3) is 0.381. The Morgan fingerprint density at radius 2 is 1.83 bits per heavy atom. The van der Waals surface area contributed by atoms with Crippen molar-refractivity contribution in [3.05, 3.63) is 60.4 Å². The number of amides is 2. The Kier molecular flexibility index (Phi) is 7.97. The van der Waals surface area contributed by atoms with Crippen molar-refractivity contribution in [1.29, 1.82) is 0 Å². The van der Waals surface area contributed by atoms with Crippen molar-refractivity contribution < 1.29 is 14.3 Å². The minimum absolute atomic E-state index is 0.0830. The van der Waals surface area contributed by atoms with Gasteiger partial charge in [0.05, 0.1) is 6.54 Å². The summed E-state index contributed by atoms with van der Waals surface area (Å²) in [5.41, 5.74) is 3.09. The first-order valence-electron chi connectivity index (χ1n) is 9.48. The number of aromatic nitrogens is 1. The molecule has 0 fully saturated rings. The summed E-state index contributed by atoms with van der Waals surface area (Å²) in [6.45, 7) is 5.83. The van der Waals surface area contributed by atoms with Crippen LogP contribution in [-0.4, -0.2) is 46.6 Å². The second-order valence-corrected chi connectivity index (χ2v) is 7.57. The second-order valence-electron chi connectivity index (χ2n) is 7.57. The molecule has 0 bridgehead atoms. The van der Waals surface area contributed by atoms with Gasteiger partial charge in [-0.1, -0.05) is 24.3 Å². The Morgan fingerprint density at radius 3 is 2.41 bits per heavy atom. The third kappa shape index (κ3) is 7.79. The molecule has 0 aliphatic rings. The summed E-state index contributed by atoms with van der Waals surface area (Å²) in [7, 11) is 0. The molecule has 0 radical (unpaired) electrons. The number of anilines is 1. The fourth-order valence-corrected chi connectivity index (χ4v) is 2.63. The lowest BCUT2D eigenvalue weighted by Gasteiger charge is -2.30. The summed E-state index contributed by atoms with van der Waals surface area (Å²) in [5, 5.41) is 3.12. The first-order chi connectivity index (χ1) is 13.8. The van der Waals surface area contributed by atoms with Gasteiger partial charge in [-0.2, -0.15) is 0 Å².